The van der Waals surface area contributed by atoms with Crippen molar-refractivity contribution >= 4 is 11.6 Å². The second-order valence-corrected chi connectivity index (χ2v) is 4.78. The number of methoxy groups -OCH3 is 1. The van der Waals surface area contributed by atoms with E-state index in [1.165, 1.54) is 0 Å². The van der Waals surface area contributed by atoms with Crippen molar-refractivity contribution in [2.24, 2.45) is 0 Å². The third kappa shape index (κ3) is 4.04. The van der Waals surface area contributed by atoms with Crippen molar-refractivity contribution in [3.63, 3.8) is 0 Å². The summed E-state index contributed by atoms with van der Waals surface area (Å²) in [4.78, 5) is 8.80. The maximum absolute atomic E-state index is 5.55. The second-order valence-electron chi connectivity index (χ2n) is 4.78. The number of nitrogens with zero attached hydrogens (tertiary/aromatic N) is 2. The number of ether oxygens (including phenoxy) is 2. The molecule has 2 atom stereocenters. The lowest BCUT2D eigenvalue weighted by Gasteiger charge is -2.28. The average molecular weight is 266 g/mol. The lowest BCUT2D eigenvalue weighted by Crippen LogP contribution is -2.32. The summed E-state index contributed by atoms with van der Waals surface area (Å²) >= 11 is 0. The van der Waals surface area contributed by atoms with Crippen molar-refractivity contribution < 1.29 is 9.47 Å². The molecule has 2 rings (SSSR count). The van der Waals surface area contributed by atoms with Gasteiger partial charge in [-0.3, -0.25) is 0 Å². The molecule has 0 saturated carbocycles. The Kier molecular flexibility index (Phi) is 4.93. The Morgan fingerprint density at radius 2 is 2.21 bits per heavy atom. The van der Waals surface area contributed by atoms with Crippen molar-refractivity contribution in [1.82, 2.24) is 9.97 Å². The van der Waals surface area contributed by atoms with E-state index in [0.717, 1.165) is 31.1 Å². The van der Waals surface area contributed by atoms with Crippen molar-refractivity contribution in [3.05, 3.63) is 11.9 Å². The summed E-state index contributed by atoms with van der Waals surface area (Å²) in [6.45, 7) is 3.31. The van der Waals surface area contributed by atoms with Gasteiger partial charge >= 0.3 is 0 Å². The number of nitrogens with one attached hydrogen (secondary N) is 2. The first kappa shape index (κ1) is 14.0. The highest BCUT2D eigenvalue weighted by Crippen LogP contribution is 2.19. The molecule has 0 amide bonds. The summed E-state index contributed by atoms with van der Waals surface area (Å²) in [6, 6.07) is 2.32. The van der Waals surface area contributed by atoms with E-state index in [1.54, 1.807) is 7.11 Å². The van der Waals surface area contributed by atoms with Crippen LogP contribution in [-0.2, 0) is 16.1 Å². The summed E-state index contributed by atoms with van der Waals surface area (Å²) in [7, 11) is 3.49. The molecular weight excluding hydrogens is 244 g/mol. The number of anilines is 2. The third-order valence-electron chi connectivity index (χ3n) is 3.14. The van der Waals surface area contributed by atoms with E-state index in [4.69, 9.17) is 9.47 Å². The molecule has 6 nitrogen and oxygen atoms in total. The van der Waals surface area contributed by atoms with Gasteiger partial charge in [-0.2, -0.15) is 0 Å². The topological polar surface area (TPSA) is 68.3 Å². The summed E-state index contributed by atoms with van der Waals surface area (Å²) in [5.41, 5.74) is 0. The van der Waals surface area contributed by atoms with E-state index in [1.807, 2.05) is 13.1 Å². The molecule has 6 heteroatoms. The Hall–Kier alpha value is -1.40. The van der Waals surface area contributed by atoms with Crippen LogP contribution in [0, 0.1) is 0 Å². The maximum Gasteiger partial charge on any atom is 0.158 e. The number of hydrogen-bond donors (Lipinski definition) is 2. The van der Waals surface area contributed by atoms with Crippen LogP contribution >= 0.6 is 0 Å². The average Bonchev–Trinajstić information content (AvgIpc) is 2.39. The molecule has 1 fully saturated rings. The molecule has 0 radical (unpaired) electrons. The first-order valence-electron chi connectivity index (χ1n) is 6.64. The number of rotatable bonds is 5. The van der Waals surface area contributed by atoms with Gasteiger partial charge in [0.1, 0.15) is 18.2 Å². The van der Waals surface area contributed by atoms with Gasteiger partial charge in [0.15, 0.2) is 5.82 Å². The minimum atomic E-state index is 0.301. The molecular formula is C13H22N4O2. The van der Waals surface area contributed by atoms with Gasteiger partial charge in [0.25, 0.3) is 0 Å². The first-order chi connectivity index (χ1) is 9.21. The quantitative estimate of drug-likeness (QED) is 0.844. The molecule has 1 aromatic heterocycles. The molecule has 2 unspecified atom stereocenters. The van der Waals surface area contributed by atoms with Crippen LogP contribution in [-0.4, -0.2) is 42.9 Å². The van der Waals surface area contributed by atoms with E-state index in [2.05, 4.69) is 27.5 Å². The second kappa shape index (κ2) is 6.68. The Balaban J connectivity index is 2.07. The van der Waals surface area contributed by atoms with E-state index in [9.17, 15) is 0 Å². The standard InChI is InChI=1S/C13H22N4O2/c1-9-6-10(4-5-19-9)15-12-7-11(14-2)16-13(17-12)8-18-3/h7,9-10H,4-6,8H2,1-3H3,(H2,14,15,16,17). The number of hydrogen-bond acceptors (Lipinski definition) is 6. The number of aromatic nitrogens is 2. The van der Waals surface area contributed by atoms with Gasteiger partial charge in [0.2, 0.25) is 0 Å². The summed E-state index contributed by atoms with van der Waals surface area (Å²) in [5.74, 6) is 2.31. The Morgan fingerprint density at radius 1 is 1.42 bits per heavy atom. The lowest BCUT2D eigenvalue weighted by atomic mass is 10.0. The Labute approximate surface area is 113 Å². The van der Waals surface area contributed by atoms with Crippen LogP contribution < -0.4 is 10.6 Å². The molecule has 0 aliphatic carbocycles. The van der Waals surface area contributed by atoms with Gasteiger partial charge in [-0.05, 0) is 19.8 Å². The van der Waals surface area contributed by atoms with E-state index in [-0.39, 0.29) is 0 Å². The minimum Gasteiger partial charge on any atom is -0.378 e. The summed E-state index contributed by atoms with van der Waals surface area (Å²) < 4.78 is 10.6. The third-order valence-corrected chi connectivity index (χ3v) is 3.14. The summed E-state index contributed by atoms with van der Waals surface area (Å²) in [6.07, 6.45) is 2.30. The zero-order valence-corrected chi connectivity index (χ0v) is 11.8. The molecule has 2 N–H and O–H groups in total. The predicted molar refractivity (Wildman–Crippen MR) is 74.4 cm³/mol. The highest BCUT2D eigenvalue weighted by Gasteiger charge is 2.19. The molecule has 19 heavy (non-hydrogen) atoms. The van der Waals surface area contributed by atoms with Crippen LogP contribution in [0.2, 0.25) is 0 Å². The smallest absolute Gasteiger partial charge is 0.158 e. The van der Waals surface area contributed by atoms with Gasteiger partial charge < -0.3 is 20.1 Å². The van der Waals surface area contributed by atoms with Crippen molar-refractivity contribution in [3.8, 4) is 0 Å². The first-order valence-corrected chi connectivity index (χ1v) is 6.64. The van der Waals surface area contributed by atoms with Crippen molar-refractivity contribution in [2.75, 3.05) is 31.4 Å². The van der Waals surface area contributed by atoms with Gasteiger partial charge in [-0.1, -0.05) is 0 Å². The van der Waals surface area contributed by atoms with Crippen LogP contribution in [0.5, 0.6) is 0 Å². The zero-order chi connectivity index (χ0) is 13.7. The van der Waals surface area contributed by atoms with Crippen LogP contribution in [0.4, 0.5) is 11.6 Å². The molecule has 1 aromatic rings. The van der Waals surface area contributed by atoms with Crippen LogP contribution in [0.25, 0.3) is 0 Å². The fourth-order valence-corrected chi connectivity index (χ4v) is 2.23. The van der Waals surface area contributed by atoms with Gasteiger partial charge in [0.05, 0.1) is 6.10 Å². The van der Waals surface area contributed by atoms with Gasteiger partial charge in [-0.25, -0.2) is 9.97 Å². The monoisotopic (exact) mass is 266 g/mol. The molecule has 0 spiro atoms. The molecule has 1 aliphatic heterocycles. The van der Waals surface area contributed by atoms with Gasteiger partial charge in [-0.15, -0.1) is 0 Å². The molecule has 0 bridgehead atoms. The Bertz CT molecular complexity index is 414. The molecule has 106 valence electrons. The zero-order valence-electron chi connectivity index (χ0n) is 11.8. The fourth-order valence-electron chi connectivity index (χ4n) is 2.23. The van der Waals surface area contributed by atoms with Crippen molar-refractivity contribution in [1.29, 1.82) is 0 Å². The predicted octanol–water partition coefficient (Wildman–Crippen LogP) is 1.64. The largest absolute Gasteiger partial charge is 0.378 e. The fraction of sp³-hybridized carbons (Fsp3) is 0.692. The molecule has 0 aromatic carbocycles. The molecule has 1 saturated heterocycles. The highest BCUT2D eigenvalue weighted by atomic mass is 16.5. The summed E-state index contributed by atoms with van der Waals surface area (Å²) in [5, 5.41) is 6.50. The minimum absolute atomic E-state index is 0.301. The van der Waals surface area contributed by atoms with Crippen LogP contribution in [0.3, 0.4) is 0 Å². The maximum atomic E-state index is 5.55. The molecule has 1 aliphatic rings. The normalized spacial score (nSPS) is 23.1. The van der Waals surface area contributed by atoms with E-state index in [0.29, 0.717) is 24.6 Å². The van der Waals surface area contributed by atoms with Crippen LogP contribution in [0.1, 0.15) is 25.6 Å². The molecule has 2 heterocycles. The van der Waals surface area contributed by atoms with Gasteiger partial charge in [0, 0.05) is 32.9 Å². The van der Waals surface area contributed by atoms with Crippen LogP contribution in [0.15, 0.2) is 6.07 Å². The van der Waals surface area contributed by atoms with Crippen molar-refractivity contribution in [2.45, 2.75) is 38.5 Å². The Morgan fingerprint density at radius 3 is 2.89 bits per heavy atom. The SMILES string of the molecule is CNc1cc(NC2CCOC(C)C2)nc(COC)n1. The highest BCUT2D eigenvalue weighted by molar-refractivity contribution is 5.47. The van der Waals surface area contributed by atoms with E-state index >= 15 is 0 Å². The lowest BCUT2D eigenvalue weighted by molar-refractivity contribution is 0.0231. The van der Waals surface area contributed by atoms with E-state index < -0.39 is 0 Å².